The maximum Gasteiger partial charge on any atom is 0.0714 e. The molecule has 10 aromatic rings. The molecule has 0 aliphatic heterocycles. The first-order valence-electron chi connectivity index (χ1n) is 22.1. The van der Waals surface area contributed by atoms with Crippen molar-refractivity contribution in [1.29, 1.82) is 0 Å². The van der Waals surface area contributed by atoms with Crippen LogP contribution in [-0.2, 0) is 11.8 Å². The van der Waals surface area contributed by atoms with E-state index in [1.165, 1.54) is 83.5 Å². The average molecular weight is 805 g/mol. The molecule has 0 bridgehead atoms. The number of hydrogen-bond acceptors (Lipinski definition) is 1. The van der Waals surface area contributed by atoms with Gasteiger partial charge in [-0.15, -0.1) is 0 Å². The summed E-state index contributed by atoms with van der Waals surface area (Å²) in [6, 6.07) is 84.8. The van der Waals surface area contributed by atoms with E-state index in [0.717, 1.165) is 29.9 Å². The van der Waals surface area contributed by atoms with E-state index in [9.17, 15) is 0 Å². The van der Waals surface area contributed by atoms with Gasteiger partial charge in [-0.1, -0.05) is 176 Å². The van der Waals surface area contributed by atoms with Crippen LogP contribution in [0.25, 0.3) is 56.0 Å². The standard InChI is InChI=1S/C61H44N2/c1-5-17-43(18-6-1)44-29-34-50(35-30-44)62(51-36-31-45(32-37-51)46-33-40-60-56(41-46)55-26-14-16-28-59(55)63(60)49-23-11-4-12-24-49)52-38-39-54-53-25-13-15-27-57(53)61(58(54)42-52,47-19-7-2-8-20-47)48-21-9-3-10-22-48/h1-13,15-25,27-42H,14,26H2. The number of hydrogen-bond donors (Lipinski definition) is 0. The Labute approximate surface area is 369 Å². The zero-order valence-electron chi connectivity index (χ0n) is 34.9. The number of rotatable bonds is 8. The minimum atomic E-state index is -0.496. The third-order valence-corrected chi connectivity index (χ3v) is 13.4. The fourth-order valence-corrected chi connectivity index (χ4v) is 10.5. The molecule has 0 spiro atoms. The van der Waals surface area contributed by atoms with Crippen LogP contribution in [0.15, 0.2) is 237 Å². The largest absolute Gasteiger partial charge is 0.310 e. The Morgan fingerprint density at radius 3 is 1.60 bits per heavy atom. The molecule has 2 aliphatic carbocycles. The summed E-state index contributed by atoms with van der Waals surface area (Å²) in [4.78, 5) is 2.43. The van der Waals surface area contributed by atoms with Crippen molar-refractivity contribution in [3.63, 3.8) is 0 Å². The molecule has 2 nitrogen and oxygen atoms in total. The maximum atomic E-state index is 2.46. The Kier molecular flexibility index (Phi) is 8.90. The smallest absolute Gasteiger partial charge is 0.0714 e. The second-order valence-corrected chi connectivity index (χ2v) is 16.8. The van der Waals surface area contributed by atoms with Crippen LogP contribution in [0.3, 0.4) is 0 Å². The van der Waals surface area contributed by atoms with E-state index in [0.29, 0.717) is 0 Å². The van der Waals surface area contributed by atoms with Crippen LogP contribution in [0.4, 0.5) is 17.1 Å². The second-order valence-electron chi connectivity index (χ2n) is 16.8. The fraction of sp³-hybridized carbons (Fsp3) is 0.0492. The van der Waals surface area contributed by atoms with Crippen molar-refractivity contribution in [2.75, 3.05) is 4.90 Å². The summed E-state index contributed by atoms with van der Waals surface area (Å²) in [5, 5.41) is 1.33. The van der Waals surface area contributed by atoms with Crippen LogP contribution in [0, 0.1) is 0 Å². The molecule has 2 aliphatic rings. The first kappa shape index (κ1) is 36.9. The molecule has 0 N–H and O–H groups in total. The zero-order chi connectivity index (χ0) is 41.7. The molecule has 9 aromatic carbocycles. The summed E-state index contributed by atoms with van der Waals surface area (Å²) in [6.07, 6.45) is 6.73. The third-order valence-electron chi connectivity index (χ3n) is 13.4. The Morgan fingerprint density at radius 2 is 0.937 bits per heavy atom. The molecule has 0 amide bonds. The van der Waals surface area contributed by atoms with Gasteiger partial charge in [0.15, 0.2) is 0 Å². The molecule has 2 heteroatoms. The molecule has 1 heterocycles. The van der Waals surface area contributed by atoms with Crippen LogP contribution in [-0.4, -0.2) is 4.57 Å². The van der Waals surface area contributed by atoms with Crippen molar-refractivity contribution in [1.82, 2.24) is 4.57 Å². The van der Waals surface area contributed by atoms with Crippen LogP contribution in [0.2, 0.25) is 0 Å². The van der Waals surface area contributed by atoms with Gasteiger partial charge in [-0.3, -0.25) is 0 Å². The van der Waals surface area contributed by atoms with Gasteiger partial charge in [0, 0.05) is 33.8 Å². The summed E-state index contributed by atoms with van der Waals surface area (Å²) >= 11 is 0. The van der Waals surface area contributed by atoms with Gasteiger partial charge in [0.1, 0.15) is 0 Å². The van der Waals surface area contributed by atoms with Crippen LogP contribution in [0.5, 0.6) is 0 Å². The number of nitrogens with zero attached hydrogens (tertiary/aromatic N) is 2. The predicted molar refractivity (Wildman–Crippen MR) is 263 cm³/mol. The molecule has 0 fully saturated rings. The highest BCUT2D eigenvalue weighted by Crippen LogP contribution is 2.57. The highest BCUT2D eigenvalue weighted by molar-refractivity contribution is 5.94. The van der Waals surface area contributed by atoms with Crippen molar-refractivity contribution in [3.05, 3.63) is 270 Å². The summed E-state index contributed by atoms with van der Waals surface area (Å²) < 4.78 is 2.42. The lowest BCUT2D eigenvalue weighted by Crippen LogP contribution is -2.28. The number of fused-ring (bicyclic) bond motifs is 6. The summed E-state index contributed by atoms with van der Waals surface area (Å²) in [6.45, 7) is 0. The molecule has 0 saturated carbocycles. The van der Waals surface area contributed by atoms with E-state index in [-0.39, 0.29) is 0 Å². The fourth-order valence-electron chi connectivity index (χ4n) is 10.5. The topological polar surface area (TPSA) is 8.17 Å². The third kappa shape index (κ3) is 6.02. The zero-order valence-corrected chi connectivity index (χ0v) is 34.9. The Morgan fingerprint density at radius 1 is 0.413 bits per heavy atom. The van der Waals surface area contributed by atoms with Gasteiger partial charge in [-0.05, 0) is 141 Å². The highest BCUT2D eigenvalue weighted by atomic mass is 15.1. The summed E-state index contributed by atoms with van der Waals surface area (Å²) in [7, 11) is 0. The molecular weight excluding hydrogens is 761 g/mol. The Balaban J connectivity index is 1.01. The van der Waals surface area contributed by atoms with Crippen molar-refractivity contribution in [2.24, 2.45) is 0 Å². The van der Waals surface area contributed by atoms with Crippen LogP contribution in [0.1, 0.15) is 39.9 Å². The van der Waals surface area contributed by atoms with E-state index in [2.05, 4.69) is 252 Å². The molecule has 0 radical (unpaired) electrons. The van der Waals surface area contributed by atoms with E-state index < -0.39 is 5.41 Å². The van der Waals surface area contributed by atoms with Crippen molar-refractivity contribution in [2.45, 2.75) is 18.3 Å². The SMILES string of the molecule is C1=Cc2c(c3cc(-c4ccc(N(c5ccc(-c6ccccc6)cc5)c5ccc6c(c5)C(c5ccccc5)(c5ccccc5)c5ccccc5-6)cc4)ccc3n2-c2ccccc2)CC1. The van der Waals surface area contributed by atoms with Crippen LogP contribution >= 0.6 is 0 Å². The number of aromatic nitrogens is 1. The lowest BCUT2D eigenvalue weighted by molar-refractivity contribution is 0.768. The Hall–Kier alpha value is -7.94. The van der Waals surface area contributed by atoms with Crippen molar-refractivity contribution < 1.29 is 0 Å². The lowest BCUT2D eigenvalue weighted by atomic mass is 9.67. The van der Waals surface area contributed by atoms with Gasteiger partial charge in [0.25, 0.3) is 0 Å². The number of para-hydroxylation sites is 1. The first-order chi connectivity index (χ1) is 31.3. The minimum absolute atomic E-state index is 0.496. The van der Waals surface area contributed by atoms with Gasteiger partial charge >= 0.3 is 0 Å². The number of benzene rings is 9. The maximum absolute atomic E-state index is 2.46. The molecular formula is C61H44N2. The molecule has 0 atom stereocenters. The van der Waals surface area contributed by atoms with Gasteiger partial charge in [0.05, 0.1) is 10.9 Å². The molecule has 0 saturated heterocycles. The van der Waals surface area contributed by atoms with Crippen LogP contribution < -0.4 is 4.90 Å². The van der Waals surface area contributed by atoms with Gasteiger partial charge < -0.3 is 9.47 Å². The predicted octanol–water partition coefficient (Wildman–Crippen LogP) is 15.8. The van der Waals surface area contributed by atoms with Gasteiger partial charge in [-0.2, -0.15) is 0 Å². The van der Waals surface area contributed by atoms with E-state index >= 15 is 0 Å². The lowest BCUT2D eigenvalue weighted by Gasteiger charge is -2.35. The van der Waals surface area contributed by atoms with Crippen molar-refractivity contribution in [3.8, 4) is 39.1 Å². The molecule has 1 aromatic heterocycles. The van der Waals surface area contributed by atoms with E-state index in [1.54, 1.807) is 0 Å². The number of anilines is 3. The highest BCUT2D eigenvalue weighted by Gasteiger charge is 2.46. The first-order valence-corrected chi connectivity index (χ1v) is 22.1. The molecule has 0 unspecified atom stereocenters. The van der Waals surface area contributed by atoms with E-state index in [4.69, 9.17) is 0 Å². The monoisotopic (exact) mass is 804 g/mol. The average Bonchev–Trinajstić information content (AvgIpc) is 3.86. The van der Waals surface area contributed by atoms with Gasteiger partial charge in [0.2, 0.25) is 0 Å². The normalized spacial score (nSPS) is 13.3. The molecule has 12 rings (SSSR count). The number of allylic oxidation sites excluding steroid dienone is 1. The second kappa shape index (κ2) is 15.2. The summed E-state index contributed by atoms with van der Waals surface area (Å²) in [5.74, 6) is 0. The summed E-state index contributed by atoms with van der Waals surface area (Å²) in [5.41, 5.74) is 20.5. The number of aryl methyl sites for hydroxylation is 1. The molecule has 298 valence electrons. The van der Waals surface area contributed by atoms with Crippen molar-refractivity contribution >= 4 is 34.0 Å². The minimum Gasteiger partial charge on any atom is -0.310 e. The van der Waals surface area contributed by atoms with E-state index in [1.807, 2.05) is 0 Å². The van der Waals surface area contributed by atoms with Gasteiger partial charge in [-0.25, -0.2) is 0 Å². The molecule has 63 heavy (non-hydrogen) atoms. The quantitative estimate of drug-likeness (QED) is 0.149. The Bertz CT molecular complexity index is 3250.